The lowest BCUT2D eigenvalue weighted by Crippen LogP contribution is -2.44. The molecule has 1 aliphatic rings. The lowest BCUT2D eigenvalue weighted by atomic mass is 10.2. The minimum Gasteiger partial charge on any atom is -0.497 e. The van der Waals surface area contributed by atoms with Gasteiger partial charge in [0, 0.05) is 69.0 Å². The summed E-state index contributed by atoms with van der Waals surface area (Å²) >= 11 is 0. The predicted octanol–water partition coefficient (Wildman–Crippen LogP) is 3.51. The quantitative estimate of drug-likeness (QED) is 0.243. The van der Waals surface area contributed by atoms with Crippen LogP contribution in [0.25, 0.3) is 0 Å². The number of ether oxygens (including phenoxy) is 2. The fraction of sp³-hybridized carbons (Fsp3) is 0.360. The molecule has 0 amide bonds. The number of anilines is 1. The van der Waals surface area contributed by atoms with Crippen LogP contribution in [0.5, 0.6) is 11.5 Å². The molecule has 0 aliphatic carbocycles. The van der Waals surface area contributed by atoms with Crippen LogP contribution in [0.4, 0.5) is 5.69 Å². The Morgan fingerprint density at radius 2 is 1.85 bits per heavy atom. The number of benzene rings is 2. The Kier molecular flexibility index (Phi) is 9.43. The Labute approximate surface area is 218 Å². The van der Waals surface area contributed by atoms with E-state index in [0.29, 0.717) is 6.54 Å². The zero-order chi connectivity index (χ0) is 23.0. The first-order valence-corrected chi connectivity index (χ1v) is 11.2. The molecule has 1 aromatic heterocycles. The van der Waals surface area contributed by atoms with Gasteiger partial charge in [-0.3, -0.25) is 4.99 Å². The Hall–Kier alpha value is -2.95. The second-order valence-corrected chi connectivity index (χ2v) is 8.03. The number of rotatable bonds is 8. The third-order valence-corrected chi connectivity index (χ3v) is 5.87. The molecule has 1 aliphatic heterocycles. The Morgan fingerprint density at radius 3 is 2.53 bits per heavy atom. The van der Waals surface area contributed by atoms with Crippen molar-refractivity contribution in [3.63, 3.8) is 0 Å². The number of nitrogens with one attached hydrogen (secondary N) is 2. The molecule has 2 N–H and O–H groups in total. The van der Waals surface area contributed by atoms with Crippen LogP contribution in [-0.2, 0) is 13.1 Å². The maximum atomic E-state index is 5.42. The van der Waals surface area contributed by atoms with E-state index in [4.69, 9.17) is 9.47 Å². The first-order valence-electron chi connectivity index (χ1n) is 11.2. The Balaban J connectivity index is 0.00000324. The van der Waals surface area contributed by atoms with Crippen molar-refractivity contribution in [3.05, 3.63) is 72.3 Å². The number of aliphatic imine (C=N–C) groups is 1. The Bertz CT molecular complexity index is 1050. The highest BCUT2D eigenvalue weighted by atomic mass is 127. The van der Waals surface area contributed by atoms with Gasteiger partial charge in [-0.25, -0.2) is 4.98 Å². The SMILES string of the molecule is CN=C(NCc1nccn1Cc1ccccc1)NC1CCN(c2cc(OC)cc(OC)c2)C1.I. The summed E-state index contributed by atoms with van der Waals surface area (Å²) in [5.41, 5.74) is 2.35. The average molecular weight is 576 g/mol. The summed E-state index contributed by atoms with van der Waals surface area (Å²) in [7, 11) is 5.15. The van der Waals surface area contributed by atoms with Gasteiger partial charge in [0.1, 0.15) is 17.3 Å². The standard InChI is InChI=1S/C25H32N6O2.HI/c1-26-25(28-16-24-27-10-12-31(24)17-19-7-5-4-6-8-19)29-20-9-11-30(18-20)21-13-22(32-2)15-23(14-21)33-3;/h4-8,10,12-15,20H,9,11,16-18H2,1-3H3,(H2,26,28,29);1H. The number of methoxy groups -OCH3 is 2. The van der Waals surface area contributed by atoms with Crippen LogP contribution >= 0.6 is 24.0 Å². The molecule has 1 saturated heterocycles. The van der Waals surface area contributed by atoms with Crippen molar-refractivity contribution in [1.29, 1.82) is 0 Å². The summed E-state index contributed by atoms with van der Waals surface area (Å²) in [4.78, 5) is 11.3. The minimum atomic E-state index is 0. The molecule has 182 valence electrons. The van der Waals surface area contributed by atoms with Crippen LogP contribution in [0.15, 0.2) is 65.9 Å². The summed E-state index contributed by atoms with van der Waals surface area (Å²) in [6, 6.07) is 16.7. The molecule has 2 heterocycles. The van der Waals surface area contributed by atoms with E-state index >= 15 is 0 Å². The second kappa shape index (κ2) is 12.5. The number of hydrogen-bond acceptors (Lipinski definition) is 5. The smallest absolute Gasteiger partial charge is 0.191 e. The molecule has 0 bridgehead atoms. The van der Waals surface area contributed by atoms with E-state index in [2.05, 4.69) is 54.3 Å². The Morgan fingerprint density at radius 1 is 1.12 bits per heavy atom. The fourth-order valence-electron chi connectivity index (χ4n) is 4.07. The molecule has 3 aromatic rings. The molecule has 34 heavy (non-hydrogen) atoms. The number of nitrogens with zero attached hydrogens (tertiary/aromatic N) is 4. The van der Waals surface area contributed by atoms with Crippen LogP contribution in [0.2, 0.25) is 0 Å². The number of imidazole rings is 1. The first-order chi connectivity index (χ1) is 16.2. The van der Waals surface area contributed by atoms with Crippen molar-refractivity contribution in [2.45, 2.75) is 25.6 Å². The van der Waals surface area contributed by atoms with Gasteiger partial charge in [-0.15, -0.1) is 24.0 Å². The molecule has 8 nitrogen and oxygen atoms in total. The van der Waals surface area contributed by atoms with E-state index in [1.807, 2.05) is 36.7 Å². The van der Waals surface area contributed by atoms with Gasteiger partial charge in [-0.2, -0.15) is 0 Å². The van der Waals surface area contributed by atoms with E-state index in [-0.39, 0.29) is 30.0 Å². The van der Waals surface area contributed by atoms with E-state index < -0.39 is 0 Å². The second-order valence-electron chi connectivity index (χ2n) is 8.03. The van der Waals surface area contributed by atoms with Gasteiger partial charge in [0.25, 0.3) is 0 Å². The average Bonchev–Trinajstić information content (AvgIpc) is 3.51. The van der Waals surface area contributed by atoms with Crippen molar-refractivity contribution < 1.29 is 9.47 Å². The van der Waals surface area contributed by atoms with E-state index in [1.165, 1.54) is 5.56 Å². The van der Waals surface area contributed by atoms with Crippen molar-refractivity contribution in [2.24, 2.45) is 4.99 Å². The third kappa shape index (κ3) is 6.55. The molecule has 1 unspecified atom stereocenters. The van der Waals surface area contributed by atoms with Gasteiger partial charge in [-0.05, 0) is 12.0 Å². The van der Waals surface area contributed by atoms with Gasteiger partial charge in [0.15, 0.2) is 5.96 Å². The molecule has 0 saturated carbocycles. The number of hydrogen-bond donors (Lipinski definition) is 2. The maximum Gasteiger partial charge on any atom is 0.191 e. The van der Waals surface area contributed by atoms with Crippen LogP contribution < -0.4 is 25.0 Å². The highest BCUT2D eigenvalue weighted by Gasteiger charge is 2.24. The van der Waals surface area contributed by atoms with Crippen LogP contribution in [0, 0.1) is 0 Å². The van der Waals surface area contributed by atoms with E-state index in [1.54, 1.807) is 21.3 Å². The summed E-state index contributed by atoms with van der Waals surface area (Å²) in [6.45, 7) is 3.22. The van der Waals surface area contributed by atoms with E-state index in [9.17, 15) is 0 Å². The normalized spacial score (nSPS) is 15.6. The fourth-order valence-corrected chi connectivity index (χ4v) is 4.07. The van der Waals surface area contributed by atoms with Gasteiger partial charge >= 0.3 is 0 Å². The van der Waals surface area contributed by atoms with Crippen molar-refractivity contribution in [3.8, 4) is 11.5 Å². The molecule has 0 spiro atoms. The van der Waals surface area contributed by atoms with Crippen molar-refractivity contribution in [1.82, 2.24) is 20.2 Å². The summed E-state index contributed by atoms with van der Waals surface area (Å²) in [5.74, 6) is 3.34. The van der Waals surface area contributed by atoms with Crippen molar-refractivity contribution >= 4 is 35.6 Å². The predicted molar refractivity (Wildman–Crippen MR) is 147 cm³/mol. The highest BCUT2D eigenvalue weighted by Crippen LogP contribution is 2.30. The third-order valence-electron chi connectivity index (χ3n) is 5.87. The summed E-state index contributed by atoms with van der Waals surface area (Å²) < 4.78 is 13.0. The lowest BCUT2D eigenvalue weighted by Gasteiger charge is -2.21. The molecule has 2 aromatic carbocycles. The maximum absolute atomic E-state index is 5.42. The zero-order valence-electron chi connectivity index (χ0n) is 19.9. The lowest BCUT2D eigenvalue weighted by molar-refractivity contribution is 0.394. The van der Waals surface area contributed by atoms with Gasteiger partial charge in [0.2, 0.25) is 0 Å². The number of guanidine groups is 1. The number of aromatic nitrogens is 2. The van der Waals surface area contributed by atoms with Gasteiger partial charge in [0.05, 0.1) is 20.8 Å². The molecule has 4 rings (SSSR count). The monoisotopic (exact) mass is 576 g/mol. The number of halogens is 1. The summed E-state index contributed by atoms with van der Waals surface area (Å²) in [6.07, 6.45) is 4.87. The molecule has 9 heteroatoms. The highest BCUT2D eigenvalue weighted by molar-refractivity contribution is 14.0. The topological polar surface area (TPSA) is 75.9 Å². The first kappa shape index (κ1) is 25.7. The molecular formula is C25H33IN6O2. The van der Waals surface area contributed by atoms with Crippen LogP contribution in [-0.4, -0.2) is 55.9 Å². The molecular weight excluding hydrogens is 543 g/mol. The van der Waals surface area contributed by atoms with E-state index in [0.717, 1.165) is 55.0 Å². The largest absolute Gasteiger partial charge is 0.497 e. The minimum absolute atomic E-state index is 0. The zero-order valence-corrected chi connectivity index (χ0v) is 22.2. The molecule has 1 atom stereocenters. The van der Waals surface area contributed by atoms with Crippen molar-refractivity contribution in [2.75, 3.05) is 39.3 Å². The van der Waals surface area contributed by atoms with Crippen LogP contribution in [0.3, 0.4) is 0 Å². The molecule has 0 radical (unpaired) electrons. The van der Waals surface area contributed by atoms with Gasteiger partial charge < -0.3 is 29.6 Å². The molecule has 1 fully saturated rings. The van der Waals surface area contributed by atoms with Gasteiger partial charge in [-0.1, -0.05) is 30.3 Å². The van der Waals surface area contributed by atoms with Crippen LogP contribution in [0.1, 0.15) is 17.8 Å². The summed E-state index contributed by atoms with van der Waals surface area (Å²) in [5, 5.41) is 6.96.